The topological polar surface area (TPSA) is 34.1 Å². The second-order valence-electron chi connectivity index (χ2n) is 6.07. The van der Waals surface area contributed by atoms with Crippen molar-refractivity contribution in [3.63, 3.8) is 0 Å². The van der Waals surface area contributed by atoms with Crippen LogP contribution in [0.2, 0.25) is 0 Å². The summed E-state index contributed by atoms with van der Waals surface area (Å²) in [6.07, 6.45) is 0. The van der Waals surface area contributed by atoms with Gasteiger partial charge in [0.05, 0.1) is 9.64 Å². The molecule has 0 aliphatic heterocycles. The standard InChI is InChI=1S/C15H24O2S/c1-9-10(2)12(4)14(13(5)11(9)3)18(16,17)15(6,7)8/h1-8H3. The van der Waals surface area contributed by atoms with Gasteiger partial charge < -0.3 is 0 Å². The van der Waals surface area contributed by atoms with Crippen LogP contribution in [-0.4, -0.2) is 13.2 Å². The highest BCUT2D eigenvalue weighted by atomic mass is 32.2. The lowest BCUT2D eigenvalue weighted by Crippen LogP contribution is -2.29. The first kappa shape index (κ1) is 15.2. The highest BCUT2D eigenvalue weighted by Gasteiger charge is 2.34. The van der Waals surface area contributed by atoms with Crippen molar-refractivity contribution < 1.29 is 8.42 Å². The summed E-state index contributed by atoms with van der Waals surface area (Å²) in [6, 6.07) is 0. The predicted molar refractivity (Wildman–Crippen MR) is 77.1 cm³/mol. The van der Waals surface area contributed by atoms with Gasteiger partial charge in [0, 0.05) is 0 Å². The molecule has 1 aromatic rings. The van der Waals surface area contributed by atoms with E-state index >= 15 is 0 Å². The number of sulfone groups is 1. The van der Waals surface area contributed by atoms with E-state index in [0.717, 1.165) is 22.3 Å². The van der Waals surface area contributed by atoms with E-state index in [4.69, 9.17) is 0 Å². The summed E-state index contributed by atoms with van der Waals surface area (Å²) in [5.74, 6) is 0. The summed E-state index contributed by atoms with van der Waals surface area (Å²) in [4.78, 5) is 0.524. The van der Waals surface area contributed by atoms with Crippen LogP contribution in [0, 0.1) is 34.6 Å². The Hall–Kier alpha value is -0.830. The molecule has 0 saturated heterocycles. The van der Waals surface area contributed by atoms with Gasteiger partial charge in [-0.25, -0.2) is 8.42 Å². The zero-order chi connectivity index (χ0) is 14.5. The maximum atomic E-state index is 12.7. The third-order valence-corrected chi connectivity index (χ3v) is 6.77. The van der Waals surface area contributed by atoms with Gasteiger partial charge in [-0.15, -0.1) is 0 Å². The predicted octanol–water partition coefficient (Wildman–Crippen LogP) is 3.80. The molecule has 0 heterocycles. The minimum atomic E-state index is -3.30. The van der Waals surface area contributed by atoms with Gasteiger partial charge in [0.25, 0.3) is 0 Å². The summed E-state index contributed by atoms with van der Waals surface area (Å²) >= 11 is 0. The first-order valence-electron chi connectivity index (χ1n) is 6.24. The molecular weight excluding hydrogens is 244 g/mol. The molecule has 0 saturated carbocycles. The van der Waals surface area contributed by atoms with Gasteiger partial charge in [-0.05, 0) is 83.2 Å². The van der Waals surface area contributed by atoms with Gasteiger partial charge in [0.15, 0.2) is 9.84 Å². The van der Waals surface area contributed by atoms with E-state index < -0.39 is 14.6 Å². The van der Waals surface area contributed by atoms with Gasteiger partial charge in [-0.3, -0.25) is 0 Å². The second kappa shape index (κ2) is 4.37. The molecule has 2 nitrogen and oxygen atoms in total. The molecule has 0 atom stereocenters. The van der Waals surface area contributed by atoms with Crippen LogP contribution < -0.4 is 0 Å². The number of hydrogen-bond acceptors (Lipinski definition) is 2. The number of benzene rings is 1. The molecule has 0 amide bonds. The Bertz CT molecular complexity index is 559. The summed E-state index contributed by atoms with van der Waals surface area (Å²) < 4.78 is 24.7. The molecule has 1 aromatic carbocycles. The minimum absolute atomic E-state index is 0.524. The lowest BCUT2D eigenvalue weighted by molar-refractivity contribution is 0.558. The molecule has 0 N–H and O–H groups in total. The summed E-state index contributed by atoms with van der Waals surface area (Å²) in [7, 11) is -3.30. The van der Waals surface area contributed by atoms with Crippen LogP contribution in [-0.2, 0) is 9.84 Å². The quantitative estimate of drug-likeness (QED) is 0.776. The Kier molecular flexibility index (Phi) is 3.70. The van der Waals surface area contributed by atoms with Gasteiger partial charge >= 0.3 is 0 Å². The van der Waals surface area contributed by atoms with Crippen molar-refractivity contribution in [1.82, 2.24) is 0 Å². The smallest absolute Gasteiger partial charge is 0.183 e. The fourth-order valence-corrected chi connectivity index (χ4v) is 3.90. The van der Waals surface area contributed by atoms with E-state index in [1.807, 2.05) is 27.7 Å². The van der Waals surface area contributed by atoms with Crippen LogP contribution in [0.25, 0.3) is 0 Å². The number of rotatable bonds is 1. The van der Waals surface area contributed by atoms with Crippen LogP contribution in [0.5, 0.6) is 0 Å². The zero-order valence-electron chi connectivity index (χ0n) is 12.7. The zero-order valence-corrected chi connectivity index (χ0v) is 13.5. The van der Waals surface area contributed by atoms with Crippen molar-refractivity contribution in [2.75, 3.05) is 0 Å². The van der Waals surface area contributed by atoms with E-state index in [2.05, 4.69) is 6.92 Å². The van der Waals surface area contributed by atoms with Crippen molar-refractivity contribution in [2.45, 2.75) is 65.0 Å². The van der Waals surface area contributed by atoms with E-state index in [-0.39, 0.29) is 0 Å². The minimum Gasteiger partial charge on any atom is -0.223 e. The van der Waals surface area contributed by atoms with E-state index in [9.17, 15) is 8.42 Å². The van der Waals surface area contributed by atoms with Crippen molar-refractivity contribution in [1.29, 1.82) is 0 Å². The van der Waals surface area contributed by atoms with Gasteiger partial charge in [0.1, 0.15) is 0 Å². The first-order valence-corrected chi connectivity index (χ1v) is 7.72. The fraction of sp³-hybridized carbons (Fsp3) is 0.600. The lowest BCUT2D eigenvalue weighted by Gasteiger charge is -2.25. The molecular formula is C15H24O2S. The van der Waals surface area contributed by atoms with E-state index in [0.29, 0.717) is 4.90 Å². The SMILES string of the molecule is Cc1c(C)c(C)c(S(=O)(=O)C(C)(C)C)c(C)c1C. The first-order chi connectivity index (χ1) is 7.93. The molecule has 102 valence electrons. The van der Waals surface area contributed by atoms with Crippen LogP contribution in [0.3, 0.4) is 0 Å². The molecule has 0 aromatic heterocycles. The van der Waals surface area contributed by atoms with Gasteiger partial charge in [-0.2, -0.15) is 0 Å². The Balaban J connectivity index is 3.85. The van der Waals surface area contributed by atoms with Crippen molar-refractivity contribution in [2.24, 2.45) is 0 Å². The van der Waals surface area contributed by atoms with Crippen molar-refractivity contribution >= 4 is 9.84 Å². The van der Waals surface area contributed by atoms with Crippen LogP contribution in [0.1, 0.15) is 48.6 Å². The van der Waals surface area contributed by atoms with Gasteiger partial charge in [0.2, 0.25) is 0 Å². The molecule has 0 bridgehead atoms. The Morgan fingerprint density at radius 1 is 0.667 bits per heavy atom. The molecule has 0 unspecified atom stereocenters. The largest absolute Gasteiger partial charge is 0.223 e. The second-order valence-corrected chi connectivity index (χ2v) is 8.71. The summed E-state index contributed by atoms with van der Waals surface area (Å²) in [5, 5.41) is 0. The summed E-state index contributed by atoms with van der Waals surface area (Å²) in [5.41, 5.74) is 5.15. The molecule has 0 aliphatic carbocycles. The Morgan fingerprint density at radius 3 is 1.22 bits per heavy atom. The highest BCUT2D eigenvalue weighted by Crippen LogP contribution is 2.34. The average Bonchev–Trinajstić information content (AvgIpc) is 2.22. The highest BCUT2D eigenvalue weighted by molar-refractivity contribution is 7.92. The Labute approximate surface area is 111 Å². The van der Waals surface area contributed by atoms with E-state index in [1.165, 1.54) is 5.56 Å². The molecule has 18 heavy (non-hydrogen) atoms. The Morgan fingerprint density at radius 2 is 0.944 bits per heavy atom. The van der Waals surface area contributed by atoms with Gasteiger partial charge in [-0.1, -0.05) is 0 Å². The third kappa shape index (κ3) is 2.09. The van der Waals surface area contributed by atoms with Crippen LogP contribution >= 0.6 is 0 Å². The number of hydrogen-bond donors (Lipinski definition) is 0. The molecule has 0 fully saturated rings. The van der Waals surface area contributed by atoms with E-state index in [1.54, 1.807) is 20.8 Å². The maximum absolute atomic E-state index is 12.7. The molecule has 3 heteroatoms. The summed E-state index contributed by atoms with van der Waals surface area (Å²) in [6.45, 7) is 15.1. The molecule has 0 radical (unpaired) electrons. The maximum Gasteiger partial charge on any atom is 0.183 e. The molecule has 1 rings (SSSR count). The lowest BCUT2D eigenvalue weighted by atomic mass is 9.95. The van der Waals surface area contributed by atoms with Crippen molar-refractivity contribution in [3.8, 4) is 0 Å². The van der Waals surface area contributed by atoms with Crippen LogP contribution in [0.4, 0.5) is 0 Å². The monoisotopic (exact) mass is 268 g/mol. The third-order valence-electron chi connectivity index (χ3n) is 4.01. The average molecular weight is 268 g/mol. The molecule has 0 aliphatic rings. The van der Waals surface area contributed by atoms with Crippen LogP contribution in [0.15, 0.2) is 4.90 Å². The van der Waals surface area contributed by atoms with Crippen molar-refractivity contribution in [3.05, 3.63) is 27.8 Å². The molecule has 0 spiro atoms. The normalized spacial score (nSPS) is 12.9. The fourth-order valence-electron chi connectivity index (χ4n) is 2.17.